The highest BCUT2D eigenvalue weighted by atomic mass is 15.2. The van der Waals surface area contributed by atoms with Crippen LogP contribution >= 0.6 is 0 Å². The minimum absolute atomic E-state index is 0.0811. The average Bonchev–Trinajstić information content (AvgIpc) is 1.54. The van der Waals surface area contributed by atoms with E-state index in [1.54, 1.807) is 22.3 Å². The Morgan fingerprint density at radius 3 is 1.15 bits per heavy atom. The third kappa shape index (κ3) is 11.4. The van der Waals surface area contributed by atoms with E-state index in [1.807, 2.05) is 0 Å². The Labute approximate surface area is 549 Å². The van der Waals surface area contributed by atoms with Crippen molar-refractivity contribution in [2.45, 2.75) is 239 Å². The van der Waals surface area contributed by atoms with Gasteiger partial charge in [0.1, 0.15) is 0 Å². The van der Waals surface area contributed by atoms with Crippen LogP contribution in [0.4, 0.5) is 34.1 Å². The van der Waals surface area contributed by atoms with E-state index in [2.05, 4.69) is 252 Å². The van der Waals surface area contributed by atoms with Crippen LogP contribution in [0.5, 0.6) is 0 Å². The monoisotopic (exact) mass is 1200 g/mol. The zero-order valence-corrected chi connectivity index (χ0v) is 58.3. The van der Waals surface area contributed by atoms with Crippen molar-refractivity contribution in [3.05, 3.63) is 190 Å². The average molecular weight is 1210 g/mol. The van der Waals surface area contributed by atoms with Crippen molar-refractivity contribution in [3.8, 4) is 11.1 Å². The van der Waals surface area contributed by atoms with Gasteiger partial charge in [0.25, 0.3) is 0 Å². The van der Waals surface area contributed by atoms with Gasteiger partial charge in [-0.1, -0.05) is 214 Å². The molecular weight excluding hydrogens is 1100 g/mol. The molecule has 474 valence electrons. The Balaban J connectivity index is 1.07. The molecule has 12 unspecified atom stereocenters. The normalized spacial score (nSPS) is 26.6. The van der Waals surface area contributed by atoms with E-state index in [0.717, 1.165) is 41.4 Å². The van der Waals surface area contributed by atoms with Gasteiger partial charge in [0.05, 0.1) is 11.4 Å². The van der Waals surface area contributed by atoms with Crippen LogP contribution in [0.25, 0.3) is 32.7 Å². The van der Waals surface area contributed by atoms with Gasteiger partial charge in [0.15, 0.2) is 0 Å². The molecule has 0 aliphatic heterocycles. The third-order valence-electron chi connectivity index (χ3n) is 25.2. The van der Waals surface area contributed by atoms with Crippen LogP contribution in [0, 0.1) is 47.3 Å². The zero-order valence-electron chi connectivity index (χ0n) is 58.3. The first-order valence-corrected chi connectivity index (χ1v) is 36.6. The molecule has 91 heavy (non-hydrogen) atoms. The van der Waals surface area contributed by atoms with Gasteiger partial charge >= 0.3 is 0 Å². The smallest absolute Gasteiger partial charge is 0.0620 e. The highest BCUT2D eigenvalue weighted by Crippen LogP contribution is 2.60. The molecule has 7 aliphatic rings. The fourth-order valence-electron chi connectivity index (χ4n) is 19.9. The van der Waals surface area contributed by atoms with Crippen LogP contribution in [0.3, 0.4) is 0 Å². The largest absolute Gasteiger partial charge is 0.309 e. The van der Waals surface area contributed by atoms with Crippen LogP contribution < -0.4 is 9.80 Å². The maximum atomic E-state index is 2.85. The van der Waals surface area contributed by atoms with Crippen LogP contribution in [0.2, 0.25) is 0 Å². The first kappa shape index (κ1) is 61.1. The van der Waals surface area contributed by atoms with Crippen molar-refractivity contribution >= 4 is 55.7 Å². The molecule has 6 bridgehead atoms. The van der Waals surface area contributed by atoms with E-state index < -0.39 is 0 Å². The Morgan fingerprint density at radius 1 is 0.341 bits per heavy atom. The molecule has 0 radical (unpaired) electrons. The van der Waals surface area contributed by atoms with Gasteiger partial charge < -0.3 is 9.80 Å². The molecule has 2 heteroatoms. The van der Waals surface area contributed by atoms with E-state index in [1.165, 1.54) is 185 Å². The molecule has 0 N–H and O–H groups in total. The number of hydrogen-bond donors (Lipinski definition) is 0. The van der Waals surface area contributed by atoms with Gasteiger partial charge in [-0.3, -0.25) is 0 Å². The molecule has 2 nitrogen and oxygen atoms in total. The Bertz CT molecular complexity index is 3940. The Morgan fingerprint density at radius 2 is 0.747 bits per heavy atom. The van der Waals surface area contributed by atoms with Gasteiger partial charge in [-0.2, -0.15) is 0 Å². The van der Waals surface area contributed by atoms with Crippen LogP contribution in [-0.2, 0) is 21.7 Å². The summed E-state index contributed by atoms with van der Waals surface area (Å²) in [4.78, 5) is 5.68. The summed E-state index contributed by atoms with van der Waals surface area (Å²) in [5.74, 6) is 8.66. The van der Waals surface area contributed by atoms with Crippen LogP contribution in [0.1, 0.15) is 261 Å². The number of hydrogen-bond acceptors (Lipinski definition) is 2. The molecule has 8 aromatic rings. The van der Waals surface area contributed by atoms with Crippen molar-refractivity contribution in [1.82, 2.24) is 0 Å². The number of nitrogens with zero attached hydrogens (tertiary/aromatic N) is 2. The SMILES string of the molecule is CC1CCC(C(C)c2cc(C3CC4CCC3C4)cc(N(c3cc(C(C)(C)C)cc(C(C)(C)C)c3)c3c4ccccc4c(N(c4cc(C5CC6CCC5C6)cc(C5CC6CCC5C6)c4)c4cc(C(C)(C)C)cc(C(C)(C)C)c4)c4cc(-c5ccccc5)ccc34)c2)C1. The second-order valence-electron chi connectivity index (χ2n) is 35.6. The summed E-state index contributed by atoms with van der Waals surface area (Å²) in [5.41, 5.74) is 21.9. The van der Waals surface area contributed by atoms with Crippen LogP contribution in [-0.4, -0.2) is 0 Å². The zero-order chi connectivity index (χ0) is 63.2. The van der Waals surface area contributed by atoms with Gasteiger partial charge in [-0.05, 0) is 274 Å². The quantitative estimate of drug-likeness (QED) is 0.0889. The lowest BCUT2D eigenvalue weighted by atomic mass is 9.78. The predicted molar refractivity (Wildman–Crippen MR) is 391 cm³/mol. The minimum atomic E-state index is -0.0818. The van der Waals surface area contributed by atoms with Crippen LogP contribution in [0.15, 0.2) is 146 Å². The summed E-state index contributed by atoms with van der Waals surface area (Å²) in [6.07, 6.45) is 20.6. The summed E-state index contributed by atoms with van der Waals surface area (Å²) in [5, 5.41) is 5.19. The summed E-state index contributed by atoms with van der Waals surface area (Å²) in [6.45, 7) is 34.2. The Hall–Kier alpha value is -6.12. The lowest BCUT2D eigenvalue weighted by Crippen LogP contribution is -2.21. The maximum Gasteiger partial charge on any atom is 0.0620 e. The van der Waals surface area contributed by atoms with Gasteiger partial charge in [-0.15, -0.1) is 0 Å². The van der Waals surface area contributed by atoms with Gasteiger partial charge in [-0.25, -0.2) is 0 Å². The summed E-state index contributed by atoms with van der Waals surface area (Å²) in [6, 6.07) is 60.7. The Kier molecular flexibility index (Phi) is 15.3. The molecule has 7 fully saturated rings. The van der Waals surface area contributed by atoms with Crippen molar-refractivity contribution in [2.75, 3.05) is 9.80 Å². The third-order valence-corrected chi connectivity index (χ3v) is 25.2. The molecule has 8 aromatic carbocycles. The molecule has 0 heterocycles. The summed E-state index contributed by atoms with van der Waals surface area (Å²) in [7, 11) is 0. The standard InChI is InChI=1S/C89H108N2/c1-54-24-28-60(34-54)55(2)65-41-66(80-38-56-25-29-62(80)35-56)44-73(43-65)90(75-50-69(86(3,4)5)48-70(51-75)87(6,7)8)84-77-22-18-19-23-78(77)85(83-47-61(32-33-79(83)84)59-20-16-15-17-21-59)91(76-52-71(88(9,10)11)49-72(53-76)89(12,13)14)74-45-67(81-39-57-26-30-63(81)36-57)42-68(46-74)82-40-58-27-31-64(82)37-58/h15-23,32-33,41-58,60,62-64,80-82H,24-31,34-40H2,1-14H3. The second kappa shape index (κ2) is 22.8. The van der Waals surface area contributed by atoms with E-state index in [-0.39, 0.29) is 21.7 Å². The lowest BCUT2D eigenvalue weighted by molar-refractivity contribution is 0.412. The number of anilines is 6. The van der Waals surface area contributed by atoms with Gasteiger partial charge in [0.2, 0.25) is 0 Å². The van der Waals surface area contributed by atoms with E-state index in [9.17, 15) is 0 Å². The molecule has 0 aromatic heterocycles. The molecule has 0 amide bonds. The minimum Gasteiger partial charge on any atom is -0.309 e. The fraction of sp³-hybridized carbons (Fsp3) is 0.506. The molecule has 12 atom stereocenters. The first-order chi connectivity index (χ1) is 43.4. The van der Waals surface area contributed by atoms with Crippen molar-refractivity contribution < 1.29 is 0 Å². The van der Waals surface area contributed by atoms with Crippen molar-refractivity contribution in [1.29, 1.82) is 0 Å². The summed E-state index contributed by atoms with van der Waals surface area (Å²) < 4.78 is 0. The maximum absolute atomic E-state index is 2.85. The number of benzene rings is 8. The lowest BCUT2D eigenvalue weighted by Gasteiger charge is -2.37. The molecule has 7 aliphatic carbocycles. The van der Waals surface area contributed by atoms with E-state index in [0.29, 0.717) is 29.6 Å². The molecule has 7 saturated carbocycles. The summed E-state index contributed by atoms with van der Waals surface area (Å²) >= 11 is 0. The van der Waals surface area contributed by atoms with E-state index in [4.69, 9.17) is 0 Å². The highest BCUT2D eigenvalue weighted by Gasteiger charge is 2.45. The second-order valence-corrected chi connectivity index (χ2v) is 35.6. The van der Waals surface area contributed by atoms with E-state index >= 15 is 0 Å². The van der Waals surface area contributed by atoms with Crippen molar-refractivity contribution in [3.63, 3.8) is 0 Å². The predicted octanol–water partition coefficient (Wildman–Crippen LogP) is 26.0. The number of fused-ring (bicyclic) bond motifs is 8. The highest BCUT2D eigenvalue weighted by molar-refractivity contribution is 6.24. The van der Waals surface area contributed by atoms with Gasteiger partial charge in [0, 0.05) is 44.3 Å². The fourth-order valence-corrected chi connectivity index (χ4v) is 19.9. The first-order valence-electron chi connectivity index (χ1n) is 36.6. The molecule has 0 saturated heterocycles. The number of rotatable bonds is 12. The molecular formula is C89H108N2. The van der Waals surface area contributed by atoms with Crippen molar-refractivity contribution in [2.24, 2.45) is 47.3 Å². The topological polar surface area (TPSA) is 6.48 Å². The molecule has 15 rings (SSSR count). The molecule has 0 spiro atoms.